The number of hydrogen-bond donors (Lipinski definition) is 4. The number of rotatable bonds is 14. The Bertz CT molecular complexity index is 2750. The number of likely N-dealkylation sites (tertiary alicyclic amines) is 1. The highest BCUT2D eigenvalue weighted by atomic mass is 16.5. The van der Waals surface area contributed by atoms with E-state index in [-0.39, 0.29) is 29.6 Å². The molecule has 2 aliphatic rings. The van der Waals surface area contributed by atoms with Crippen LogP contribution in [-0.2, 0) is 30.4 Å². The van der Waals surface area contributed by atoms with Crippen LogP contribution in [0.5, 0.6) is 5.75 Å². The van der Waals surface area contributed by atoms with Crippen molar-refractivity contribution in [1.29, 1.82) is 0 Å². The monoisotopic (exact) mass is 898 g/mol. The summed E-state index contributed by atoms with van der Waals surface area (Å²) in [6.07, 6.45) is 1.06. The maximum atomic E-state index is 14.4. The van der Waals surface area contributed by atoms with Crippen LogP contribution in [0.3, 0.4) is 0 Å². The zero-order chi connectivity index (χ0) is 46.8. The largest absolute Gasteiger partial charge is 0.488 e. The fourth-order valence-corrected chi connectivity index (χ4v) is 9.24. The molecule has 0 aliphatic carbocycles. The van der Waals surface area contributed by atoms with Crippen LogP contribution in [0.25, 0.3) is 44.2 Å². The van der Waals surface area contributed by atoms with Crippen LogP contribution in [0.2, 0.25) is 0 Å². The van der Waals surface area contributed by atoms with Gasteiger partial charge in [-0.25, -0.2) is 19.6 Å². The van der Waals surface area contributed by atoms with Crippen LogP contribution in [0.4, 0.5) is 9.59 Å². The predicted molar refractivity (Wildman–Crippen MR) is 249 cm³/mol. The standard InChI is InChI=1S/C50H58N8O8/c1-27(2)23-57(47(59)42(28(3)4)55-49(61)64-7)29(5)45-51-22-39(53-45)33-14-16-35-34(19-33)26-66-41-21-36-32(20-37(35)41)15-17-38-44(36)54-46(52-38)40-18-30(25-63-6)24-58(40)48(60)43(56-50(62)65-8)31-12-10-9-11-13-31/h9-17,19-22,27-30,40,42-43H,18,23-26H2,1-8H3,(H,51,53)(H,52,54)(H,55,61)(H,56,62)/t29-,30-,40-,42-,43+/m0/s1. The lowest BCUT2D eigenvalue weighted by Gasteiger charge is -2.34. The molecule has 0 bridgehead atoms. The molecule has 1 saturated heterocycles. The first-order valence-electron chi connectivity index (χ1n) is 22.4. The number of aromatic amines is 2. The van der Waals surface area contributed by atoms with Gasteiger partial charge in [0, 0.05) is 37.1 Å². The Morgan fingerprint density at radius 3 is 2.36 bits per heavy atom. The first-order chi connectivity index (χ1) is 31.8. The van der Waals surface area contributed by atoms with E-state index in [0.29, 0.717) is 49.9 Å². The number of carbonyl (C=O) groups is 4. The molecule has 0 saturated carbocycles. The van der Waals surface area contributed by atoms with Crippen molar-refractivity contribution in [2.45, 2.75) is 71.8 Å². The molecule has 16 heteroatoms. The number of nitrogens with one attached hydrogen (secondary N) is 4. The van der Waals surface area contributed by atoms with Crippen LogP contribution >= 0.6 is 0 Å². The summed E-state index contributed by atoms with van der Waals surface area (Å²) in [6.45, 7) is 11.5. The number of ether oxygens (including phenoxy) is 4. The summed E-state index contributed by atoms with van der Waals surface area (Å²) in [5.41, 5.74) is 7.01. The van der Waals surface area contributed by atoms with Gasteiger partial charge in [-0.15, -0.1) is 0 Å². The average Bonchev–Trinajstić information content (AvgIpc) is 4.10. The van der Waals surface area contributed by atoms with Crippen molar-refractivity contribution >= 4 is 45.8 Å². The number of nitrogens with zero attached hydrogens (tertiary/aromatic N) is 4. The smallest absolute Gasteiger partial charge is 0.407 e. The van der Waals surface area contributed by atoms with Crippen molar-refractivity contribution < 1.29 is 38.1 Å². The minimum Gasteiger partial charge on any atom is -0.488 e. The molecule has 4 N–H and O–H groups in total. The highest BCUT2D eigenvalue weighted by molar-refractivity contribution is 6.07. The predicted octanol–water partition coefficient (Wildman–Crippen LogP) is 8.23. The molecule has 8 rings (SSSR count). The lowest BCUT2D eigenvalue weighted by molar-refractivity contribution is -0.137. The molecule has 16 nitrogen and oxygen atoms in total. The molecule has 6 aromatic rings. The highest BCUT2D eigenvalue weighted by Gasteiger charge is 2.41. The number of amides is 4. The number of alkyl carbamates (subject to hydrolysis) is 2. The molecule has 0 unspecified atom stereocenters. The zero-order valence-corrected chi connectivity index (χ0v) is 38.6. The van der Waals surface area contributed by atoms with Gasteiger partial charge < -0.3 is 49.3 Å². The molecular formula is C50H58N8O8. The molecule has 5 atom stereocenters. The Morgan fingerprint density at radius 2 is 1.65 bits per heavy atom. The topological polar surface area (TPSA) is 193 Å². The highest BCUT2D eigenvalue weighted by Crippen LogP contribution is 2.44. The molecular weight excluding hydrogens is 841 g/mol. The van der Waals surface area contributed by atoms with Gasteiger partial charge in [-0.2, -0.15) is 0 Å². The third-order valence-corrected chi connectivity index (χ3v) is 12.6. The lowest BCUT2D eigenvalue weighted by atomic mass is 9.92. The summed E-state index contributed by atoms with van der Waals surface area (Å²) >= 11 is 0. The number of imidazole rings is 2. The summed E-state index contributed by atoms with van der Waals surface area (Å²) in [5, 5.41) is 7.36. The average molecular weight is 899 g/mol. The number of methoxy groups -OCH3 is 3. The van der Waals surface area contributed by atoms with Gasteiger partial charge >= 0.3 is 12.2 Å². The van der Waals surface area contributed by atoms with Crippen molar-refractivity contribution in [3.63, 3.8) is 0 Å². The third kappa shape index (κ3) is 9.14. The third-order valence-electron chi connectivity index (χ3n) is 12.6. The summed E-state index contributed by atoms with van der Waals surface area (Å²) in [4.78, 5) is 73.5. The van der Waals surface area contributed by atoms with E-state index < -0.39 is 36.4 Å². The van der Waals surface area contributed by atoms with E-state index in [2.05, 4.69) is 50.9 Å². The maximum Gasteiger partial charge on any atom is 0.407 e. The van der Waals surface area contributed by atoms with Crippen molar-refractivity contribution in [2.75, 3.05) is 41.0 Å². The van der Waals surface area contributed by atoms with Crippen molar-refractivity contribution in [3.05, 3.63) is 102 Å². The number of hydrogen-bond acceptors (Lipinski definition) is 10. The van der Waals surface area contributed by atoms with Gasteiger partial charge in [0.15, 0.2) is 0 Å². The Labute approximate surface area is 383 Å². The van der Waals surface area contributed by atoms with E-state index in [9.17, 15) is 19.2 Å². The Hall–Kier alpha value is -6.94. The van der Waals surface area contributed by atoms with E-state index in [1.54, 1.807) is 23.1 Å². The van der Waals surface area contributed by atoms with E-state index in [1.807, 2.05) is 77.1 Å². The Kier molecular flexibility index (Phi) is 13.3. The normalized spacial score (nSPS) is 16.9. The number of carbonyl (C=O) groups excluding carboxylic acids is 4. The van der Waals surface area contributed by atoms with Crippen LogP contribution in [0, 0.1) is 17.8 Å². The van der Waals surface area contributed by atoms with Crippen molar-refractivity contribution in [1.82, 2.24) is 40.4 Å². The molecule has 2 aromatic heterocycles. The van der Waals surface area contributed by atoms with Gasteiger partial charge in [0.1, 0.15) is 36.1 Å². The lowest BCUT2D eigenvalue weighted by Crippen LogP contribution is -2.52. The Morgan fingerprint density at radius 1 is 0.894 bits per heavy atom. The van der Waals surface area contributed by atoms with E-state index in [0.717, 1.165) is 55.5 Å². The van der Waals surface area contributed by atoms with Crippen molar-refractivity contribution in [2.24, 2.45) is 17.8 Å². The minimum absolute atomic E-state index is 0.0555. The molecule has 2 aliphatic heterocycles. The summed E-state index contributed by atoms with van der Waals surface area (Å²) < 4.78 is 21.7. The summed E-state index contributed by atoms with van der Waals surface area (Å²) in [7, 11) is 4.21. The number of aromatic nitrogens is 4. The van der Waals surface area contributed by atoms with Gasteiger partial charge in [0.2, 0.25) is 5.91 Å². The molecule has 0 spiro atoms. The van der Waals surface area contributed by atoms with Crippen LogP contribution in [0.1, 0.15) is 81.9 Å². The van der Waals surface area contributed by atoms with Crippen LogP contribution < -0.4 is 15.4 Å². The van der Waals surface area contributed by atoms with Gasteiger partial charge in [-0.3, -0.25) is 9.59 Å². The number of H-pyrrole nitrogens is 2. The van der Waals surface area contributed by atoms with Gasteiger partial charge in [-0.1, -0.05) is 76.2 Å². The summed E-state index contributed by atoms with van der Waals surface area (Å²) in [6, 6.07) is 21.2. The fraction of sp³-hybridized carbons (Fsp3) is 0.400. The molecule has 0 radical (unpaired) electrons. The van der Waals surface area contributed by atoms with E-state index >= 15 is 0 Å². The van der Waals surface area contributed by atoms with Gasteiger partial charge in [-0.05, 0) is 77.1 Å². The zero-order valence-electron chi connectivity index (χ0n) is 38.6. The molecule has 4 heterocycles. The second-order valence-corrected chi connectivity index (χ2v) is 18.0. The van der Waals surface area contributed by atoms with E-state index in [1.165, 1.54) is 14.2 Å². The number of benzene rings is 4. The molecule has 1 fully saturated rings. The molecule has 66 heavy (non-hydrogen) atoms. The SMILES string of the molecule is COC[C@H]1C[C@@H](c2nc3c(ccc4cc5c(cc43)OCc3cc(-c4cnc([C@H](C)N(CC(C)C)C(=O)[C@@H](NC(=O)OC)C(C)C)[nH]4)ccc3-5)[nH]2)N(C(=O)[C@H](NC(=O)OC)c2ccccc2)C1. The molecule has 4 amide bonds. The maximum absolute atomic E-state index is 14.4. The Balaban J connectivity index is 1.06. The van der Waals surface area contributed by atoms with Gasteiger partial charge in [0.25, 0.3) is 5.91 Å². The second-order valence-electron chi connectivity index (χ2n) is 18.0. The second kappa shape index (κ2) is 19.3. The quantitative estimate of drug-likeness (QED) is 0.0828. The van der Waals surface area contributed by atoms with E-state index in [4.69, 9.17) is 28.9 Å². The van der Waals surface area contributed by atoms with Crippen LogP contribution in [0.15, 0.2) is 79.0 Å². The van der Waals surface area contributed by atoms with Crippen molar-refractivity contribution in [3.8, 4) is 28.1 Å². The molecule has 346 valence electrons. The number of fused-ring (bicyclic) bond motifs is 6. The summed E-state index contributed by atoms with van der Waals surface area (Å²) in [5.74, 6) is 1.62. The van der Waals surface area contributed by atoms with Gasteiger partial charge in [0.05, 0.1) is 55.8 Å². The van der Waals surface area contributed by atoms with Crippen LogP contribution in [-0.4, -0.2) is 101 Å². The fourth-order valence-electron chi connectivity index (χ4n) is 9.24. The first-order valence-corrected chi connectivity index (χ1v) is 22.4. The minimum atomic E-state index is -0.958. The first kappa shape index (κ1) is 45.6. The molecule has 4 aromatic carbocycles.